The van der Waals surface area contributed by atoms with Gasteiger partial charge in [0.15, 0.2) is 0 Å². The highest BCUT2D eigenvalue weighted by Gasteiger charge is 2.22. The largest absolute Gasteiger partial charge is 0.497 e. The lowest BCUT2D eigenvalue weighted by Crippen LogP contribution is -2.39. The number of pyridine rings is 1. The fraction of sp³-hybridized carbons (Fsp3) is 0.412. The van der Waals surface area contributed by atoms with Crippen LogP contribution in [-0.4, -0.2) is 47.2 Å². The first kappa shape index (κ1) is 16.2. The van der Waals surface area contributed by atoms with E-state index in [1.165, 1.54) is 4.90 Å². The number of nitrogens with zero attached hydrogens (tertiary/aromatic N) is 2. The Kier molecular flexibility index (Phi) is 4.37. The van der Waals surface area contributed by atoms with Crippen LogP contribution in [0.2, 0.25) is 0 Å². The summed E-state index contributed by atoms with van der Waals surface area (Å²) in [6.07, 6.45) is 0. The topological polar surface area (TPSA) is 62.7 Å². The maximum absolute atomic E-state index is 12.7. The van der Waals surface area contributed by atoms with Crippen LogP contribution in [0.1, 0.15) is 29.9 Å². The van der Waals surface area contributed by atoms with Gasteiger partial charge in [0.05, 0.1) is 23.8 Å². The average molecular weight is 302 g/mol. The van der Waals surface area contributed by atoms with Crippen LogP contribution in [0.4, 0.5) is 0 Å². The Morgan fingerprint density at radius 2 is 2.05 bits per heavy atom. The van der Waals surface area contributed by atoms with E-state index in [-0.39, 0.29) is 12.5 Å². The maximum atomic E-state index is 12.7. The molecular formula is C17H22N2O3. The second kappa shape index (κ2) is 5.93. The van der Waals surface area contributed by atoms with Crippen molar-refractivity contribution >= 4 is 16.8 Å². The molecule has 1 heterocycles. The number of benzene rings is 1. The lowest BCUT2D eigenvalue weighted by atomic mass is 10.0. The first-order valence-corrected chi connectivity index (χ1v) is 7.14. The summed E-state index contributed by atoms with van der Waals surface area (Å²) in [6.45, 7) is 5.46. The van der Waals surface area contributed by atoms with E-state index in [1.54, 1.807) is 34.1 Å². The van der Waals surface area contributed by atoms with Crippen molar-refractivity contribution < 1.29 is 14.6 Å². The van der Waals surface area contributed by atoms with Gasteiger partial charge in [0, 0.05) is 24.7 Å². The number of aliphatic hydroxyl groups is 1. The highest BCUT2D eigenvalue weighted by molar-refractivity contribution is 6.06. The van der Waals surface area contributed by atoms with Crippen LogP contribution in [0, 0.1) is 6.92 Å². The smallest absolute Gasteiger partial charge is 0.254 e. The average Bonchev–Trinajstić information content (AvgIpc) is 2.43. The van der Waals surface area contributed by atoms with Gasteiger partial charge < -0.3 is 14.7 Å². The molecule has 0 aliphatic heterocycles. The van der Waals surface area contributed by atoms with E-state index in [0.717, 1.165) is 16.6 Å². The number of hydrogen-bond donors (Lipinski definition) is 1. The molecule has 0 aliphatic carbocycles. The number of carbonyl (C=O) groups is 1. The van der Waals surface area contributed by atoms with Gasteiger partial charge >= 0.3 is 0 Å². The van der Waals surface area contributed by atoms with Crippen LogP contribution in [-0.2, 0) is 0 Å². The first-order valence-electron chi connectivity index (χ1n) is 7.14. The number of ether oxygens (including phenoxy) is 1. The van der Waals surface area contributed by atoms with E-state index in [1.807, 2.05) is 25.1 Å². The Bertz CT molecular complexity index is 705. The Morgan fingerprint density at radius 1 is 1.36 bits per heavy atom. The van der Waals surface area contributed by atoms with Gasteiger partial charge in [0.2, 0.25) is 0 Å². The van der Waals surface area contributed by atoms with Crippen LogP contribution < -0.4 is 4.74 Å². The molecule has 22 heavy (non-hydrogen) atoms. The maximum Gasteiger partial charge on any atom is 0.254 e. The summed E-state index contributed by atoms with van der Waals surface area (Å²) in [5.74, 6) is 0.531. The van der Waals surface area contributed by atoms with Gasteiger partial charge in [-0.3, -0.25) is 9.78 Å². The summed E-state index contributed by atoms with van der Waals surface area (Å²) in [6, 6.07) is 7.25. The van der Waals surface area contributed by atoms with E-state index >= 15 is 0 Å². The molecule has 1 N–H and O–H groups in total. The molecule has 5 nitrogen and oxygen atoms in total. The number of fused-ring (bicyclic) bond motifs is 1. The molecule has 1 aromatic carbocycles. The molecule has 0 atom stereocenters. The molecule has 0 unspecified atom stereocenters. The highest BCUT2D eigenvalue weighted by Crippen LogP contribution is 2.24. The van der Waals surface area contributed by atoms with Crippen LogP contribution in [0.5, 0.6) is 5.75 Å². The summed E-state index contributed by atoms with van der Waals surface area (Å²) in [5, 5.41) is 10.7. The lowest BCUT2D eigenvalue weighted by molar-refractivity contribution is 0.0369. The second-order valence-electron chi connectivity index (χ2n) is 6.17. The number of carbonyl (C=O) groups excluding carboxylic acids is 1. The van der Waals surface area contributed by atoms with Crippen molar-refractivity contribution in [1.82, 2.24) is 9.88 Å². The molecule has 2 aromatic rings. The molecule has 0 spiro atoms. The van der Waals surface area contributed by atoms with Crippen molar-refractivity contribution in [3.05, 3.63) is 35.5 Å². The van der Waals surface area contributed by atoms with E-state index in [0.29, 0.717) is 11.3 Å². The molecule has 2 rings (SSSR count). The van der Waals surface area contributed by atoms with Gasteiger partial charge in [-0.05, 0) is 45.0 Å². The third-order valence-electron chi connectivity index (χ3n) is 3.35. The Balaban J connectivity index is 2.51. The number of aromatic nitrogens is 1. The monoisotopic (exact) mass is 302 g/mol. The summed E-state index contributed by atoms with van der Waals surface area (Å²) in [4.78, 5) is 18.7. The number of methoxy groups -OCH3 is 1. The van der Waals surface area contributed by atoms with Gasteiger partial charge in [-0.1, -0.05) is 0 Å². The number of likely N-dealkylation sites (N-methyl/N-ethyl adjacent to an activating group) is 1. The van der Waals surface area contributed by atoms with Gasteiger partial charge in [-0.15, -0.1) is 0 Å². The minimum absolute atomic E-state index is 0.147. The zero-order valence-electron chi connectivity index (χ0n) is 13.7. The molecule has 1 aromatic heterocycles. The number of aryl methyl sites for hydroxylation is 1. The Morgan fingerprint density at radius 3 is 2.64 bits per heavy atom. The highest BCUT2D eigenvalue weighted by atomic mass is 16.5. The van der Waals surface area contributed by atoms with Crippen molar-refractivity contribution in [3.8, 4) is 5.75 Å². The summed E-state index contributed by atoms with van der Waals surface area (Å²) in [5.41, 5.74) is 1.15. The Hall–Kier alpha value is -2.14. The molecule has 0 bridgehead atoms. The van der Waals surface area contributed by atoms with Gasteiger partial charge in [0.25, 0.3) is 5.91 Å². The predicted molar refractivity (Wildman–Crippen MR) is 86.3 cm³/mol. The fourth-order valence-corrected chi connectivity index (χ4v) is 2.50. The molecule has 0 saturated carbocycles. The SMILES string of the molecule is COc1ccc2nc(C)cc(C(=O)N(C)CC(C)(C)O)c2c1. The van der Waals surface area contributed by atoms with Crippen molar-refractivity contribution in [1.29, 1.82) is 0 Å². The number of rotatable bonds is 4. The van der Waals surface area contributed by atoms with Crippen molar-refractivity contribution in [3.63, 3.8) is 0 Å². The normalized spacial score (nSPS) is 11.5. The van der Waals surface area contributed by atoms with Crippen molar-refractivity contribution in [2.24, 2.45) is 0 Å². The first-order chi connectivity index (χ1) is 10.2. The summed E-state index contributed by atoms with van der Waals surface area (Å²) < 4.78 is 5.24. The molecule has 5 heteroatoms. The predicted octanol–water partition coefficient (Wildman–Crippen LogP) is 2.39. The Labute approximate surface area is 130 Å². The zero-order chi connectivity index (χ0) is 16.5. The van der Waals surface area contributed by atoms with Crippen LogP contribution in [0.3, 0.4) is 0 Å². The minimum Gasteiger partial charge on any atom is -0.497 e. The van der Waals surface area contributed by atoms with Gasteiger partial charge in [-0.2, -0.15) is 0 Å². The van der Waals surface area contributed by atoms with Gasteiger partial charge in [0.1, 0.15) is 5.75 Å². The fourth-order valence-electron chi connectivity index (χ4n) is 2.50. The summed E-state index contributed by atoms with van der Waals surface area (Å²) >= 11 is 0. The molecule has 0 radical (unpaired) electrons. The molecule has 0 saturated heterocycles. The second-order valence-corrected chi connectivity index (χ2v) is 6.17. The van der Waals surface area contributed by atoms with E-state index in [2.05, 4.69) is 4.98 Å². The van der Waals surface area contributed by atoms with Crippen LogP contribution in [0.25, 0.3) is 10.9 Å². The van der Waals surface area contributed by atoms with E-state index in [9.17, 15) is 9.90 Å². The molecule has 0 fully saturated rings. The molecule has 118 valence electrons. The lowest BCUT2D eigenvalue weighted by Gasteiger charge is -2.26. The third-order valence-corrected chi connectivity index (χ3v) is 3.35. The molecule has 1 amide bonds. The minimum atomic E-state index is -0.944. The standard InChI is InChI=1S/C17H22N2O3/c1-11-8-14(16(20)19(4)10-17(2,3)21)13-9-12(22-5)6-7-15(13)18-11/h6-9,21H,10H2,1-5H3. The third kappa shape index (κ3) is 3.54. The van der Waals surface area contributed by atoms with Crippen molar-refractivity contribution in [2.45, 2.75) is 26.4 Å². The van der Waals surface area contributed by atoms with E-state index in [4.69, 9.17) is 4.74 Å². The van der Waals surface area contributed by atoms with E-state index < -0.39 is 5.60 Å². The molecular weight excluding hydrogens is 280 g/mol. The van der Waals surface area contributed by atoms with Crippen LogP contribution >= 0.6 is 0 Å². The number of hydrogen-bond acceptors (Lipinski definition) is 4. The van der Waals surface area contributed by atoms with Crippen LogP contribution in [0.15, 0.2) is 24.3 Å². The quantitative estimate of drug-likeness (QED) is 0.942. The zero-order valence-corrected chi connectivity index (χ0v) is 13.7. The number of amides is 1. The molecule has 0 aliphatic rings. The summed E-state index contributed by atoms with van der Waals surface area (Å²) in [7, 11) is 3.27. The van der Waals surface area contributed by atoms with Crippen molar-refractivity contribution in [2.75, 3.05) is 20.7 Å². The van der Waals surface area contributed by atoms with Gasteiger partial charge in [-0.25, -0.2) is 0 Å².